The lowest BCUT2D eigenvalue weighted by Gasteiger charge is -2.01. The van der Waals surface area contributed by atoms with Gasteiger partial charge >= 0.3 is 11.6 Å². The summed E-state index contributed by atoms with van der Waals surface area (Å²) in [5.41, 5.74) is -0.510. The van der Waals surface area contributed by atoms with E-state index in [1.54, 1.807) is 0 Å². The lowest BCUT2D eigenvalue weighted by Crippen LogP contribution is -2.14. The highest BCUT2D eigenvalue weighted by Crippen LogP contribution is 2.29. The number of hydrogen-bond acceptors (Lipinski definition) is 6. The molecule has 0 aliphatic rings. The Morgan fingerprint density at radius 2 is 1.92 bits per heavy atom. The van der Waals surface area contributed by atoms with Crippen LogP contribution in [0.3, 0.4) is 0 Å². The van der Waals surface area contributed by atoms with Gasteiger partial charge in [-0.2, -0.15) is 0 Å². The average molecular weight is 347 g/mol. The first-order valence-corrected chi connectivity index (χ1v) is 7.52. The van der Waals surface area contributed by atoms with Gasteiger partial charge in [0.15, 0.2) is 5.58 Å². The van der Waals surface area contributed by atoms with Crippen LogP contribution in [0, 0.1) is 5.82 Å². The first-order chi connectivity index (χ1) is 11.5. The Balaban J connectivity index is 1.90. The fourth-order valence-electron chi connectivity index (χ4n) is 2.01. The van der Waals surface area contributed by atoms with Gasteiger partial charge in [0.1, 0.15) is 11.4 Å². The number of hydrogen-bond donors (Lipinski definition) is 1. The predicted octanol–water partition coefficient (Wildman–Crippen LogP) is 3.03. The van der Waals surface area contributed by atoms with Gasteiger partial charge < -0.3 is 14.5 Å². The monoisotopic (exact) mass is 347 g/mol. The number of benzene rings is 1. The van der Waals surface area contributed by atoms with Crippen LogP contribution in [-0.4, -0.2) is 19.0 Å². The summed E-state index contributed by atoms with van der Waals surface area (Å²) in [6.45, 7) is 0. The number of thiophene rings is 1. The Morgan fingerprint density at radius 1 is 1.21 bits per heavy atom. The van der Waals surface area contributed by atoms with Crippen molar-refractivity contribution >= 4 is 38.5 Å². The molecule has 0 atom stereocenters. The Hall–Kier alpha value is -3.00. The highest BCUT2D eigenvalue weighted by Gasteiger charge is 2.16. The van der Waals surface area contributed by atoms with Crippen molar-refractivity contribution in [1.82, 2.24) is 0 Å². The molecule has 0 aliphatic heterocycles. The molecule has 1 aromatic carbocycles. The lowest BCUT2D eigenvalue weighted by atomic mass is 10.2. The summed E-state index contributed by atoms with van der Waals surface area (Å²) in [5.74, 6) is -1.67. The van der Waals surface area contributed by atoms with Crippen molar-refractivity contribution < 1.29 is 23.1 Å². The Morgan fingerprint density at radius 3 is 2.58 bits per heavy atom. The second kappa shape index (κ2) is 6.25. The van der Waals surface area contributed by atoms with Crippen molar-refractivity contribution in [2.24, 2.45) is 0 Å². The molecule has 1 amide bonds. The quantitative estimate of drug-likeness (QED) is 0.736. The Bertz CT molecular complexity index is 990. The zero-order chi connectivity index (χ0) is 17.3. The van der Waals surface area contributed by atoms with Crippen LogP contribution in [0.4, 0.5) is 9.39 Å². The van der Waals surface area contributed by atoms with Crippen molar-refractivity contribution in [2.75, 3.05) is 12.4 Å². The van der Waals surface area contributed by atoms with Gasteiger partial charge in [-0.05, 0) is 30.3 Å². The largest absolute Gasteiger partial charge is 0.465 e. The van der Waals surface area contributed by atoms with Gasteiger partial charge in [0.05, 0.1) is 16.8 Å². The first kappa shape index (κ1) is 15.9. The topological polar surface area (TPSA) is 85.6 Å². The number of carbonyl (C=O) groups is 2. The fourth-order valence-corrected chi connectivity index (χ4v) is 2.94. The molecule has 0 radical (unpaired) electrons. The van der Waals surface area contributed by atoms with Crippen LogP contribution >= 0.6 is 11.3 Å². The standard InChI is InChI=1S/C16H10FNO5S/c1-22-15(20)10-6-12-11(23-16(10)21)7-13(24-12)18-14(19)8-2-4-9(17)5-3-8/h2-7H,1H3,(H,18,19). The van der Waals surface area contributed by atoms with Gasteiger partial charge in [0, 0.05) is 11.6 Å². The number of fused-ring (bicyclic) bond motifs is 1. The van der Waals surface area contributed by atoms with Gasteiger partial charge in [-0.1, -0.05) is 0 Å². The number of amides is 1. The van der Waals surface area contributed by atoms with Gasteiger partial charge in [0.25, 0.3) is 5.91 Å². The molecule has 0 unspecified atom stereocenters. The number of anilines is 1. The number of carbonyl (C=O) groups excluding carboxylic acids is 2. The maximum Gasteiger partial charge on any atom is 0.351 e. The average Bonchev–Trinajstić information content (AvgIpc) is 2.94. The van der Waals surface area contributed by atoms with E-state index in [2.05, 4.69) is 10.1 Å². The number of rotatable bonds is 3. The molecule has 2 aromatic heterocycles. The molecule has 0 fully saturated rings. The summed E-state index contributed by atoms with van der Waals surface area (Å²) < 4.78 is 22.9. The molecular formula is C16H10FNO5S. The summed E-state index contributed by atoms with van der Waals surface area (Å²) in [4.78, 5) is 35.3. The first-order valence-electron chi connectivity index (χ1n) is 6.71. The van der Waals surface area contributed by atoms with E-state index in [-0.39, 0.29) is 16.7 Å². The van der Waals surface area contributed by atoms with E-state index in [0.29, 0.717) is 9.70 Å². The third-order valence-corrected chi connectivity index (χ3v) is 4.15. The Labute approximate surface area is 138 Å². The van der Waals surface area contributed by atoms with Crippen LogP contribution in [0.15, 0.2) is 45.6 Å². The molecule has 0 saturated carbocycles. The summed E-state index contributed by atoms with van der Waals surface area (Å²) in [7, 11) is 1.16. The van der Waals surface area contributed by atoms with Gasteiger partial charge in [-0.3, -0.25) is 4.79 Å². The van der Waals surface area contributed by atoms with Crippen molar-refractivity contribution in [2.45, 2.75) is 0 Å². The van der Waals surface area contributed by atoms with Crippen molar-refractivity contribution in [3.05, 3.63) is 63.8 Å². The SMILES string of the molecule is COC(=O)c1cc2sc(NC(=O)c3ccc(F)cc3)cc2oc1=O. The van der Waals surface area contributed by atoms with Crippen LogP contribution < -0.4 is 10.9 Å². The fraction of sp³-hybridized carbons (Fsp3) is 0.0625. The Kier molecular flexibility index (Phi) is 4.13. The molecule has 24 heavy (non-hydrogen) atoms. The third-order valence-electron chi connectivity index (χ3n) is 3.17. The van der Waals surface area contributed by atoms with Crippen molar-refractivity contribution in [3.63, 3.8) is 0 Å². The molecule has 0 saturated heterocycles. The summed E-state index contributed by atoms with van der Waals surface area (Å²) in [6, 6.07) is 7.90. The molecule has 6 nitrogen and oxygen atoms in total. The van der Waals surface area contributed by atoms with E-state index < -0.39 is 23.3 Å². The van der Waals surface area contributed by atoms with Gasteiger partial charge in [-0.25, -0.2) is 14.0 Å². The maximum absolute atomic E-state index is 12.9. The zero-order valence-corrected chi connectivity index (χ0v) is 13.1. The number of esters is 1. The highest BCUT2D eigenvalue weighted by molar-refractivity contribution is 7.22. The molecule has 1 N–H and O–H groups in total. The van der Waals surface area contributed by atoms with Gasteiger partial charge in [-0.15, -0.1) is 11.3 Å². The van der Waals surface area contributed by atoms with Crippen LogP contribution in [0.1, 0.15) is 20.7 Å². The van der Waals surface area contributed by atoms with Crippen LogP contribution in [0.25, 0.3) is 10.3 Å². The van der Waals surface area contributed by atoms with E-state index in [1.807, 2.05) is 0 Å². The van der Waals surface area contributed by atoms with E-state index in [0.717, 1.165) is 18.4 Å². The number of nitrogens with one attached hydrogen (secondary N) is 1. The summed E-state index contributed by atoms with van der Waals surface area (Å²) in [6.07, 6.45) is 0. The lowest BCUT2D eigenvalue weighted by molar-refractivity contribution is 0.0596. The second-order valence-corrected chi connectivity index (χ2v) is 5.82. The second-order valence-electron chi connectivity index (χ2n) is 4.74. The van der Waals surface area contributed by atoms with E-state index in [9.17, 15) is 18.8 Å². The summed E-state index contributed by atoms with van der Waals surface area (Å²) >= 11 is 1.13. The minimum atomic E-state index is -0.816. The maximum atomic E-state index is 12.9. The van der Waals surface area contributed by atoms with Crippen LogP contribution in [0.5, 0.6) is 0 Å². The molecule has 2 heterocycles. The van der Waals surface area contributed by atoms with Crippen LogP contribution in [-0.2, 0) is 4.74 Å². The van der Waals surface area contributed by atoms with E-state index >= 15 is 0 Å². The number of methoxy groups -OCH3 is 1. The van der Waals surface area contributed by atoms with Crippen molar-refractivity contribution in [1.29, 1.82) is 0 Å². The van der Waals surface area contributed by atoms with E-state index in [4.69, 9.17) is 4.42 Å². The predicted molar refractivity (Wildman–Crippen MR) is 86.1 cm³/mol. The minimum absolute atomic E-state index is 0.219. The normalized spacial score (nSPS) is 10.6. The van der Waals surface area contributed by atoms with Gasteiger partial charge in [0.2, 0.25) is 0 Å². The molecule has 0 bridgehead atoms. The highest BCUT2D eigenvalue weighted by atomic mass is 32.1. The molecular weight excluding hydrogens is 337 g/mol. The number of ether oxygens (including phenoxy) is 1. The molecule has 0 spiro atoms. The molecule has 3 aromatic rings. The van der Waals surface area contributed by atoms with Crippen molar-refractivity contribution in [3.8, 4) is 0 Å². The zero-order valence-electron chi connectivity index (χ0n) is 12.3. The molecule has 8 heteroatoms. The summed E-state index contributed by atoms with van der Waals surface area (Å²) in [5, 5.41) is 3.05. The molecule has 0 aliphatic carbocycles. The van der Waals surface area contributed by atoms with Crippen LogP contribution in [0.2, 0.25) is 0 Å². The third kappa shape index (κ3) is 3.04. The van der Waals surface area contributed by atoms with E-state index in [1.165, 1.54) is 36.4 Å². The smallest absolute Gasteiger partial charge is 0.351 e. The minimum Gasteiger partial charge on any atom is -0.465 e. The molecule has 3 rings (SSSR count). The molecule has 122 valence electrons. The number of halogens is 1.